The highest BCUT2D eigenvalue weighted by Crippen LogP contribution is 2.43. The van der Waals surface area contributed by atoms with Crippen molar-refractivity contribution in [3.8, 4) is 6.07 Å². The molecule has 0 aromatic heterocycles. The zero-order valence-corrected chi connectivity index (χ0v) is 10.5. The van der Waals surface area contributed by atoms with Crippen molar-refractivity contribution in [1.82, 2.24) is 5.32 Å². The number of hydrogen-bond donors (Lipinski definition) is 1. The van der Waals surface area contributed by atoms with E-state index in [1.807, 2.05) is 12.1 Å². The lowest BCUT2D eigenvalue weighted by Crippen LogP contribution is -2.31. The van der Waals surface area contributed by atoms with Gasteiger partial charge in [0.05, 0.1) is 11.6 Å². The van der Waals surface area contributed by atoms with Gasteiger partial charge in [0.25, 0.3) is 0 Å². The highest BCUT2D eigenvalue weighted by molar-refractivity contribution is 5.33. The lowest BCUT2D eigenvalue weighted by molar-refractivity contribution is 0.0234. The number of nitrogens with zero attached hydrogens (tertiary/aromatic N) is 1. The van der Waals surface area contributed by atoms with Crippen molar-refractivity contribution in [2.75, 3.05) is 19.8 Å². The first-order chi connectivity index (χ1) is 8.81. The van der Waals surface area contributed by atoms with Crippen LogP contribution >= 0.6 is 0 Å². The number of ether oxygens (including phenoxy) is 1. The Morgan fingerprint density at radius 2 is 1.94 bits per heavy atom. The highest BCUT2D eigenvalue weighted by atomic mass is 16.5. The van der Waals surface area contributed by atoms with Gasteiger partial charge in [-0.3, -0.25) is 0 Å². The molecule has 2 saturated heterocycles. The zero-order chi connectivity index (χ0) is 12.4. The predicted octanol–water partition coefficient (Wildman–Crippen LogP) is 2.39. The fourth-order valence-corrected chi connectivity index (χ4v) is 3.13. The van der Waals surface area contributed by atoms with E-state index in [0.717, 1.165) is 25.3 Å². The Balaban J connectivity index is 1.72. The van der Waals surface area contributed by atoms with Gasteiger partial charge in [-0.05, 0) is 42.4 Å². The van der Waals surface area contributed by atoms with Gasteiger partial charge >= 0.3 is 0 Å². The van der Waals surface area contributed by atoms with Crippen molar-refractivity contribution in [2.24, 2.45) is 5.41 Å². The number of rotatable bonds is 1. The van der Waals surface area contributed by atoms with Crippen LogP contribution in [0.3, 0.4) is 0 Å². The van der Waals surface area contributed by atoms with Crippen LogP contribution < -0.4 is 5.32 Å². The molecular weight excluding hydrogens is 224 g/mol. The molecular formula is C15H18N2O. The quantitative estimate of drug-likeness (QED) is 0.822. The summed E-state index contributed by atoms with van der Waals surface area (Å²) in [7, 11) is 0. The van der Waals surface area contributed by atoms with Gasteiger partial charge in [0.2, 0.25) is 0 Å². The van der Waals surface area contributed by atoms with Crippen LogP contribution in [0.4, 0.5) is 0 Å². The molecule has 0 bridgehead atoms. The molecule has 3 nitrogen and oxygen atoms in total. The molecule has 2 aliphatic heterocycles. The van der Waals surface area contributed by atoms with E-state index in [0.29, 0.717) is 11.5 Å². The Kier molecular flexibility index (Phi) is 3.07. The summed E-state index contributed by atoms with van der Waals surface area (Å²) < 4.78 is 5.46. The van der Waals surface area contributed by atoms with E-state index in [9.17, 15) is 0 Å². The second-order valence-electron chi connectivity index (χ2n) is 5.48. The summed E-state index contributed by atoms with van der Waals surface area (Å²) in [5.74, 6) is 0. The summed E-state index contributed by atoms with van der Waals surface area (Å²) in [5.41, 5.74) is 2.48. The SMILES string of the molecule is N#Cc1ccc(C2CC3(CCOCC3)CN2)cc1. The van der Waals surface area contributed by atoms with Crippen LogP contribution in [0.15, 0.2) is 24.3 Å². The minimum Gasteiger partial charge on any atom is -0.381 e. The van der Waals surface area contributed by atoms with Gasteiger partial charge in [0, 0.05) is 25.8 Å². The van der Waals surface area contributed by atoms with E-state index < -0.39 is 0 Å². The van der Waals surface area contributed by atoms with Crippen LogP contribution in [0, 0.1) is 16.7 Å². The minimum absolute atomic E-state index is 0.441. The number of hydrogen-bond acceptors (Lipinski definition) is 3. The molecule has 94 valence electrons. The summed E-state index contributed by atoms with van der Waals surface area (Å²) in [5, 5.41) is 12.4. The first-order valence-corrected chi connectivity index (χ1v) is 6.63. The van der Waals surface area contributed by atoms with Crippen molar-refractivity contribution < 1.29 is 4.74 Å². The molecule has 0 radical (unpaired) electrons. The van der Waals surface area contributed by atoms with E-state index >= 15 is 0 Å². The maximum atomic E-state index is 8.81. The van der Waals surface area contributed by atoms with Crippen LogP contribution in [0.2, 0.25) is 0 Å². The first-order valence-electron chi connectivity index (χ1n) is 6.63. The Labute approximate surface area is 108 Å². The van der Waals surface area contributed by atoms with Gasteiger partial charge in [0.15, 0.2) is 0 Å². The average Bonchev–Trinajstić information content (AvgIpc) is 2.83. The highest BCUT2D eigenvalue weighted by Gasteiger charge is 2.40. The molecule has 3 heteroatoms. The minimum atomic E-state index is 0.441. The van der Waals surface area contributed by atoms with Crippen molar-refractivity contribution in [3.63, 3.8) is 0 Å². The van der Waals surface area contributed by atoms with Crippen LogP contribution in [-0.2, 0) is 4.74 Å². The predicted molar refractivity (Wildman–Crippen MR) is 69.0 cm³/mol. The molecule has 1 atom stereocenters. The summed E-state index contributed by atoms with van der Waals surface area (Å²) in [6.07, 6.45) is 3.54. The third kappa shape index (κ3) is 2.14. The molecule has 1 aromatic carbocycles. The van der Waals surface area contributed by atoms with Gasteiger partial charge < -0.3 is 10.1 Å². The molecule has 18 heavy (non-hydrogen) atoms. The lowest BCUT2D eigenvalue weighted by atomic mass is 9.77. The van der Waals surface area contributed by atoms with Gasteiger partial charge in [0.1, 0.15) is 0 Å². The molecule has 2 fully saturated rings. The van der Waals surface area contributed by atoms with Crippen LogP contribution in [0.25, 0.3) is 0 Å². The summed E-state index contributed by atoms with van der Waals surface area (Å²) in [4.78, 5) is 0. The molecule has 0 saturated carbocycles. The summed E-state index contributed by atoms with van der Waals surface area (Å²) >= 11 is 0. The Morgan fingerprint density at radius 3 is 2.61 bits per heavy atom. The van der Waals surface area contributed by atoms with E-state index in [-0.39, 0.29) is 0 Å². The van der Waals surface area contributed by atoms with Crippen molar-refractivity contribution >= 4 is 0 Å². The molecule has 1 unspecified atom stereocenters. The van der Waals surface area contributed by atoms with Gasteiger partial charge in [-0.1, -0.05) is 12.1 Å². The third-order valence-corrected chi connectivity index (χ3v) is 4.36. The Morgan fingerprint density at radius 1 is 1.22 bits per heavy atom. The normalized spacial score (nSPS) is 26.1. The molecule has 0 amide bonds. The number of nitriles is 1. The Hall–Kier alpha value is -1.37. The number of nitrogens with one attached hydrogen (secondary N) is 1. The molecule has 1 aromatic rings. The monoisotopic (exact) mass is 242 g/mol. The second-order valence-corrected chi connectivity index (χ2v) is 5.48. The molecule has 1 N–H and O–H groups in total. The van der Waals surface area contributed by atoms with Crippen molar-refractivity contribution in [2.45, 2.75) is 25.3 Å². The van der Waals surface area contributed by atoms with Crippen LogP contribution in [0.1, 0.15) is 36.4 Å². The van der Waals surface area contributed by atoms with Gasteiger partial charge in [-0.25, -0.2) is 0 Å². The lowest BCUT2D eigenvalue weighted by Gasteiger charge is -2.32. The molecule has 3 rings (SSSR count). The smallest absolute Gasteiger partial charge is 0.0991 e. The van der Waals surface area contributed by atoms with E-state index in [1.165, 1.54) is 24.8 Å². The third-order valence-electron chi connectivity index (χ3n) is 4.36. The van der Waals surface area contributed by atoms with Gasteiger partial charge in [-0.15, -0.1) is 0 Å². The molecule has 2 heterocycles. The van der Waals surface area contributed by atoms with Crippen molar-refractivity contribution in [1.29, 1.82) is 5.26 Å². The fourth-order valence-electron chi connectivity index (χ4n) is 3.13. The van der Waals surface area contributed by atoms with Crippen molar-refractivity contribution in [3.05, 3.63) is 35.4 Å². The average molecular weight is 242 g/mol. The standard InChI is InChI=1S/C15H18N2O/c16-10-12-1-3-13(4-2-12)14-9-15(11-17-14)5-7-18-8-6-15/h1-4,14,17H,5-9,11H2. The first kappa shape index (κ1) is 11.7. The number of benzene rings is 1. The summed E-state index contributed by atoms with van der Waals surface area (Å²) in [6.45, 7) is 2.91. The molecule has 1 spiro atoms. The second kappa shape index (κ2) is 4.72. The molecule has 0 aliphatic carbocycles. The van der Waals surface area contributed by atoms with Crippen LogP contribution in [0.5, 0.6) is 0 Å². The maximum absolute atomic E-state index is 8.81. The maximum Gasteiger partial charge on any atom is 0.0991 e. The van der Waals surface area contributed by atoms with Gasteiger partial charge in [-0.2, -0.15) is 5.26 Å². The van der Waals surface area contributed by atoms with E-state index in [1.54, 1.807) is 0 Å². The van der Waals surface area contributed by atoms with Crippen LogP contribution in [-0.4, -0.2) is 19.8 Å². The largest absolute Gasteiger partial charge is 0.381 e. The summed E-state index contributed by atoms with van der Waals surface area (Å²) in [6, 6.07) is 10.6. The van der Waals surface area contributed by atoms with E-state index in [4.69, 9.17) is 10.00 Å². The zero-order valence-electron chi connectivity index (χ0n) is 10.5. The molecule has 2 aliphatic rings. The van der Waals surface area contributed by atoms with E-state index in [2.05, 4.69) is 23.5 Å². The fraction of sp³-hybridized carbons (Fsp3) is 0.533. The topological polar surface area (TPSA) is 45.0 Å². The Bertz CT molecular complexity index is 454.